The van der Waals surface area contributed by atoms with E-state index in [1.54, 1.807) is 0 Å². The summed E-state index contributed by atoms with van der Waals surface area (Å²) in [6.45, 7) is 8.04. The molecule has 2 heteroatoms. The molecule has 102 valence electrons. The van der Waals surface area contributed by atoms with Gasteiger partial charge in [-0.25, -0.2) is 0 Å². The van der Waals surface area contributed by atoms with E-state index in [0.717, 1.165) is 18.4 Å². The van der Waals surface area contributed by atoms with Gasteiger partial charge in [0.25, 0.3) is 0 Å². The normalized spacial score (nSPS) is 14.8. The van der Waals surface area contributed by atoms with Crippen molar-refractivity contribution in [1.82, 2.24) is 5.32 Å². The molecule has 1 N–H and O–H groups in total. The topological polar surface area (TPSA) is 12.0 Å². The molecule has 0 amide bonds. The van der Waals surface area contributed by atoms with Crippen LogP contribution in [0, 0.1) is 11.8 Å². The lowest BCUT2D eigenvalue weighted by atomic mass is 9.85. The second kappa shape index (κ2) is 7.96. The van der Waals surface area contributed by atoms with Crippen molar-refractivity contribution in [2.75, 3.05) is 13.6 Å². The maximum atomic E-state index is 3.68. The monoisotopic (exact) mass is 311 g/mol. The van der Waals surface area contributed by atoms with Crippen LogP contribution in [0.5, 0.6) is 0 Å². The highest BCUT2D eigenvalue weighted by atomic mass is 79.9. The molecule has 0 saturated carbocycles. The van der Waals surface area contributed by atoms with E-state index in [1.165, 1.54) is 22.9 Å². The molecule has 18 heavy (non-hydrogen) atoms. The van der Waals surface area contributed by atoms with Crippen LogP contribution in [-0.2, 0) is 0 Å². The molecule has 0 radical (unpaired) electrons. The summed E-state index contributed by atoms with van der Waals surface area (Å²) in [6, 6.07) is 8.61. The van der Waals surface area contributed by atoms with Crippen molar-refractivity contribution in [1.29, 1.82) is 0 Å². The molecular formula is C16H26BrN. The van der Waals surface area contributed by atoms with Crippen LogP contribution >= 0.6 is 15.9 Å². The van der Waals surface area contributed by atoms with Crippen molar-refractivity contribution in [3.05, 3.63) is 34.3 Å². The zero-order valence-corrected chi connectivity index (χ0v) is 13.6. The number of nitrogens with one attached hydrogen (secondary N) is 1. The Labute approximate surface area is 120 Å². The van der Waals surface area contributed by atoms with Crippen LogP contribution in [0.1, 0.15) is 45.1 Å². The van der Waals surface area contributed by atoms with E-state index < -0.39 is 0 Å². The van der Waals surface area contributed by atoms with E-state index in [0.29, 0.717) is 5.92 Å². The molecule has 0 aliphatic heterocycles. The molecule has 0 aliphatic rings. The standard InChI is InChI=1S/C16H26BrN/c1-12(2)9-13(3)10-14(11-18-4)15-7-5-6-8-16(15)17/h5-8,12-14,18H,9-11H2,1-4H3. The molecule has 0 bridgehead atoms. The van der Waals surface area contributed by atoms with Gasteiger partial charge in [0.2, 0.25) is 0 Å². The lowest BCUT2D eigenvalue weighted by Crippen LogP contribution is -2.20. The summed E-state index contributed by atoms with van der Waals surface area (Å²) in [7, 11) is 2.04. The average Bonchev–Trinajstić information content (AvgIpc) is 2.28. The van der Waals surface area contributed by atoms with E-state index in [1.807, 2.05) is 7.05 Å². The molecule has 2 atom stereocenters. The van der Waals surface area contributed by atoms with E-state index in [-0.39, 0.29) is 0 Å². The van der Waals surface area contributed by atoms with Crippen LogP contribution in [0.15, 0.2) is 28.7 Å². The quantitative estimate of drug-likeness (QED) is 0.761. The molecule has 0 spiro atoms. The summed E-state index contributed by atoms with van der Waals surface area (Å²) in [4.78, 5) is 0. The minimum Gasteiger partial charge on any atom is -0.319 e. The van der Waals surface area contributed by atoms with Crippen molar-refractivity contribution in [2.45, 2.75) is 39.5 Å². The van der Waals surface area contributed by atoms with Crippen molar-refractivity contribution in [3.8, 4) is 0 Å². The first kappa shape index (κ1) is 15.7. The van der Waals surface area contributed by atoms with Crippen LogP contribution in [0.2, 0.25) is 0 Å². The smallest absolute Gasteiger partial charge is 0.0210 e. The van der Waals surface area contributed by atoms with Gasteiger partial charge < -0.3 is 5.32 Å². The van der Waals surface area contributed by atoms with Crippen LogP contribution in [-0.4, -0.2) is 13.6 Å². The summed E-state index contributed by atoms with van der Waals surface area (Å²) < 4.78 is 1.24. The Bertz CT molecular complexity index is 349. The number of halogens is 1. The maximum absolute atomic E-state index is 3.68. The second-order valence-electron chi connectivity index (χ2n) is 5.75. The fraction of sp³-hybridized carbons (Fsp3) is 0.625. The van der Waals surface area contributed by atoms with Crippen molar-refractivity contribution in [2.24, 2.45) is 11.8 Å². The zero-order valence-electron chi connectivity index (χ0n) is 12.0. The molecule has 0 fully saturated rings. The Hall–Kier alpha value is -0.340. The van der Waals surface area contributed by atoms with Crippen LogP contribution in [0.25, 0.3) is 0 Å². The Morgan fingerprint density at radius 2 is 1.78 bits per heavy atom. The Morgan fingerprint density at radius 3 is 2.33 bits per heavy atom. The van der Waals surface area contributed by atoms with Gasteiger partial charge >= 0.3 is 0 Å². The predicted octanol–water partition coefficient (Wildman–Crippen LogP) is 4.82. The summed E-state index contributed by atoms with van der Waals surface area (Å²) in [6.07, 6.45) is 2.56. The summed E-state index contributed by atoms with van der Waals surface area (Å²) >= 11 is 3.68. The maximum Gasteiger partial charge on any atom is 0.0210 e. The Kier molecular flexibility index (Phi) is 6.95. The van der Waals surface area contributed by atoms with Gasteiger partial charge in [-0.2, -0.15) is 0 Å². The molecule has 1 nitrogen and oxygen atoms in total. The van der Waals surface area contributed by atoms with Crippen molar-refractivity contribution >= 4 is 15.9 Å². The summed E-state index contributed by atoms with van der Waals surface area (Å²) in [5, 5.41) is 3.33. The van der Waals surface area contributed by atoms with Gasteiger partial charge in [0.15, 0.2) is 0 Å². The largest absolute Gasteiger partial charge is 0.319 e. The molecule has 0 aromatic heterocycles. The molecular weight excluding hydrogens is 286 g/mol. The number of hydrogen-bond donors (Lipinski definition) is 1. The lowest BCUT2D eigenvalue weighted by Gasteiger charge is -2.23. The SMILES string of the molecule is CNCC(CC(C)CC(C)C)c1ccccc1Br. The molecule has 0 aliphatic carbocycles. The first-order valence-corrected chi connectivity index (χ1v) is 7.72. The molecule has 0 heterocycles. The Morgan fingerprint density at radius 1 is 1.11 bits per heavy atom. The van der Waals surface area contributed by atoms with Gasteiger partial charge in [-0.15, -0.1) is 0 Å². The van der Waals surface area contributed by atoms with Gasteiger partial charge in [-0.1, -0.05) is 54.9 Å². The summed E-state index contributed by atoms with van der Waals surface area (Å²) in [5.74, 6) is 2.16. The minimum atomic E-state index is 0.597. The van der Waals surface area contributed by atoms with Crippen molar-refractivity contribution < 1.29 is 0 Å². The number of benzene rings is 1. The van der Waals surface area contributed by atoms with Crippen LogP contribution in [0.4, 0.5) is 0 Å². The van der Waals surface area contributed by atoms with Gasteiger partial charge in [-0.05, 0) is 49.3 Å². The molecule has 0 saturated heterocycles. The summed E-state index contributed by atoms with van der Waals surface area (Å²) in [5.41, 5.74) is 1.43. The fourth-order valence-electron chi connectivity index (χ4n) is 2.76. The zero-order chi connectivity index (χ0) is 13.5. The first-order valence-electron chi connectivity index (χ1n) is 6.93. The van der Waals surface area contributed by atoms with Gasteiger partial charge in [0, 0.05) is 11.0 Å². The number of rotatable bonds is 7. The van der Waals surface area contributed by atoms with Gasteiger partial charge in [0.05, 0.1) is 0 Å². The van der Waals surface area contributed by atoms with E-state index in [4.69, 9.17) is 0 Å². The molecule has 2 unspecified atom stereocenters. The van der Waals surface area contributed by atoms with E-state index in [9.17, 15) is 0 Å². The third-order valence-electron chi connectivity index (χ3n) is 3.36. The van der Waals surface area contributed by atoms with Crippen molar-refractivity contribution in [3.63, 3.8) is 0 Å². The molecule has 1 aromatic rings. The highest BCUT2D eigenvalue weighted by molar-refractivity contribution is 9.10. The van der Waals surface area contributed by atoms with Gasteiger partial charge in [-0.3, -0.25) is 0 Å². The predicted molar refractivity (Wildman–Crippen MR) is 84.0 cm³/mol. The fourth-order valence-corrected chi connectivity index (χ4v) is 3.37. The highest BCUT2D eigenvalue weighted by Gasteiger charge is 2.17. The average molecular weight is 312 g/mol. The third kappa shape index (κ3) is 5.11. The Balaban J connectivity index is 2.74. The van der Waals surface area contributed by atoms with Gasteiger partial charge in [0.1, 0.15) is 0 Å². The first-order chi connectivity index (χ1) is 8.54. The van der Waals surface area contributed by atoms with Crippen LogP contribution < -0.4 is 5.32 Å². The molecule has 1 rings (SSSR count). The number of hydrogen-bond acceptors (Lipinski definition) is 1. The third-order valence-corrected chi connectivity index (χ3v) is 4.08. The van der Waals surface area contributed by atoms with Crippen LogP contribution in [0.3, 0.4) is 0 Å². The van der Waals surface area contributed by atoms with E-state index in [2.05, 4.69) is 66.3 Å². The lowest BCUT2D eigenvalue weighted by molar-refractivity contribution is 0.380. The van der Waals surface area contributed by atoms with E-state index >= 15 is 0 Å². The molecule has 1 aromatic carbocycles. The highest BCUT2D eigenvalue weighted by Crippen LogP contribution is 2.31. The number of likely N-dealkylation sites (N-methyl/N-ethyl adjacent to an activating group) is 1. The second-order valence-corrected chi connectivity index (χ2v) is 6.60. The minimum absolute atomic E-state index is 0.597.